The minimum absolute atomic E-state index is 0.800. The van der Waals surface area contributed by atoms with Crippen LogP contribution in [0.2, 0.25) is 0 Å². The van der Waals surface area contributed by atoms with E-state index in [1.54, 1.807) is 0 Å². The first kappa shape index (κ1) is 14.9. The van der Waals surface area contributed by atoms with Gasteiger partial charge in [-0.2, -0.15) is 30.7 Å². The van der Waals surface area contributed by atoms with Gasteiger partial charge in [-0.1, -0.05) is 12.3 Å². The third-order valence-electron chi connectivity index (χ3n) is 1.57. The molecule has 1 unspecified atom stereocenters. The van der Waals surface area contributed by atoms with Crippen LogP contribution in [0, 0.1) is 0 Å². The van der Waals surface area contributed by atoms with Crippen molar-refractivity contribution in [2.45, 2.75) is 24.2 Å². The molecule has 0 aliphatic heterocycles. The molecule has 0 aliphatic carbocycles. The maximum Gasteiger partial charge on any atom is 0.435 e. The van der Waals surface area contributed by atoms with E-state index in [9.17, 15) is 39.5 Å². The SMILES string of the molecule is C=C=C(F)C(F)C(F)(C(F)(F)F)C(F)(F)F. The van der Waals surface area contributed by atoms with Gasteiger partial charge in [0.05, 0.1) is 0 Å². The summed E-state index contributed by atoms with van der Waals surface area (Å²) in [6.45, 7) is 2.28. The van der Waals surface area contributed by atoms with E-state index in [1.807, 2.05) is 0 Å². The Kier molecular flexibility index (Phi) is 3.76. The van der Waals surface area contributed by atoms with Gasteiger partial charge in [0.2, 0.25) is 6.17 Å². The first-order valence-electron chi connectivity index (χ1n) is 3.41. The van der Waals surface area contributed by atoms with Gasteiger partial charge in [0, 0.05) is 0 Å². The van der Waals surface area contributed by atoms with Crippen molar-refractivity contribution in [3.8, 4) is 0 Å². The third kappa shape index (κ3) is 2.18. The number of hydrogen-bond acceptors (Lipinski definition) is 0. The molecule has 0 aliphatic rings. The van der Waals surface area contributed by atoms with Crippen LogP contribution in [-0.2, 0) is 0 Å². The van der Waals surface area contributed by atoms with Gasteiger partial charge in [-0.05, 0) is 0 Å². The lowest BCUT2D eigenvalue weighted by molar-refractivity contribution is -0.355. The Morgan fingerprint density at radius 1 is 0.938 bits per heavy atom. The number of hydrogen-bond donors (Lipinski definition) is 0. The summed E-state index contributed by atoms with van der Waals surface area (Å²) in [5, 5.41) is 0. The summed E-state index contributed by atoms with van der Waals surface area (Å²) in [5.41, 5.74) is -5.53. The lowest BCUT2D eigenvalue weighted by Gasteiger charge is -2.31. The van der Waals surface area contributed by atoms with E-state index in [0.29, 0.717) is 0 Å². The van der Waals surface area contributed by atoms with E-state index in [1.165, 1.54) is 0 Å². The van der Waals surface area contributed by atoms with Crippen molar-refractivity contribution >= 4 is 0 Å². The highest BCUT2D eigenvalue weighted by Crippen LogP contribution is 2.50. The second-order valence-electron chi connectivity index (χ2n) is 2.59. The minimum atomic E-state index is -6.65. The fraction of sp³-hybridized carbons (Fsp3) is 0.571. The molecule has 0 aromatic rings. The Morgan fingerprint density at radius 3 is 1.44 bits per heavy atom. The van der Waals surface area contributed by atoms with Crippen molar-refractivity contribution < 1.29 is 39.5 Å². The quantitative estimate of drug-likeness (QED) is 0.522. The molecule has 0 heterocycles. The molecule has 0 spiro atoms. The number of allylic oxidation sites excluding steroid dienone is 1. The van der Waals surface area contributed by atoms with Crippen LogP contribution < -0.4 is 0 Å². The number of rotatable bonds is 2. The van der Waals surface area contributed by atoms with Gasteiger partial charge in [-0.15, -0.1) is 0 Å². The van der Waals surface area contributed by atoms with E-state index < -0.39 is 30.0 Å². The molecule has 0 radical (unpaired) electrons. The van der Waals surface area contributed by atoms with Crippen molar-refractivity contribution in [2.24, 2.45) is 0 Å². The Labute approximate surface area is 83.0 Å². The van der Waals surface area contributed by atoms with Gasteiger partial charge in [0.25, 0.3) is 0 Å². The van der Waals surface area contributed by atoms with Gasteiger partial charge in [0.1, 0.15) is 0 Å². The lowest BCUT2D eigenvalue weighted by atomic mass is 9.97. The van der Waals surface area contributed by atoms with E-state index in [-0.39, 0.29) is 0 Å². The fourth-order valence-electron chi connectivity index (χ4n) is 0.712. The molecule has 0 bridgehead atoms. The topological polar surface area (TPSA) is 0 Å². The second kappa shape index (κ2) is 4.04. The summed E-state index contributed by atoms with van der Waals surface area (Å²) >= 11 is 0. The summed E-state index contributed by atoms with van der Waals surface area (Å²) < 4.78 is 108. The van der Waals surface area contributed by atoms with Crippen LogP contribution in [-0.4, -0.2) is 24.2 Å². The van der Waals surface area contributed by atoms with Crippen LogP contribution in [0.1, 0.15) is 0 Å². The van der Waals surface area contributed by atoms with Crippen LogP contribution in [0.3, 0.4) is 0 Å². The van der Waals surface area contributed by atoms with Gasteiger partial charge in [0.15, 0.2) is 5.83 Å². The van der Waals surface area contributed by atoms with Crippen LogP contribution in [0.25, 0.3) is 0 Å². The second-order valence-corrected chi connectivity index (χ2v) is 2.59. The van der Waals surface area contributed by atoms with Crippen LogP contribution in [0.5, 0.6) is 0 Å². The first-order valence-corrected chi connectivity index (χ1v) is 3.41. The molecule has 94 valence electrons. The molecule has 1 atom stereocenters. The molecule has 16 heavy (non-hydrogen) atoms. The Morgan fingerprint density at radius 2 is 1.25 bits per heavy atom. The maximum absolute atomic E-state index is 12.7. The third-order valence-corrected chi connectivity index (χ3v) is 1.57. The maximum atomic E-state index is 12.7. The molecular formula is C7H3F9. The molecule has 0 saturated carbocycles. The monoisotopic (exact) mass is 258 g/mol. The summed E-state index contributed by atoms with van der Waals surface area (Å²) in [5.74, 6) is -2.71. The van der Waals surface area contributed by atoms with E-state index in [4.69, 9.17) is 0 Å². The molecule has 0 amide bonds. The zero-order chi connectivity index (χ0) is 13.4. The van der Waals surface area contributed by atoms with Gasteiger partial charge < -0.3 is 0 Å². The highest BCUT2D eigenvalue weighted by molar-refractivity contribution is 5.12. The molecule has 0 rings (SSSR count). The van der Waals surface area contributed by atoms with Crippen LogP contribution in [0.15, 0.2) is 18.1 Å². The molecule has 9 heteroatoms. The molecule has 0 aromatic heterocycles. The lowest BCUT2D eigenvalue weighted by Crippen LogP contribution is -2.59. The summed E-state index contributed by atoms with van der Waals surface area (Å²) in [7, 11) is 0. The number of halogens is 9. The van der Waals surface area contributed by atoms with Gasteiger partial charge in [-0.3, -0.25) is 0 Å². The van der Waals surface area contributed by atoms with Crippen molar-refractivity contribution in [1.82, 2.24) is 0 Å². The zero-order valence-corrected chi connectivity index (χ0v) is 7.19. The minimum Gasteiger partial charge on any atom is -0.235 e. The van der Waals surface area contributed by atoms with E-state index in [2.05, 4.69) is 6.58 Å². The average Bonchev–Trinajstić information content (AvgIpc) is 2.10. The summed E-state index contributed by atoms with van der Waals surface area (Å²) in [4.78, 5) is 0. The molecule has 0 N–H and O–H groups in total. The molecular weight excluding hydrogens is 255 g/mol. The highest BCUT2D eigenvalue weighted by atomic mass is 19.4. The first-order chi connectivity index (χ1) is 6.89. The molecule has 0 saturated heterocycles. The van der Waals surface area contributed by atoms with Crippen molar-refractivity contribution in [3.05, 3.63) is 18.1 Å². The Balaban J connectivity index is 5.72. The fourth-order valence-corrected chi connectivity index (χ4v) is 0.712. The predicted octanol–water partition coefficient (Wildman–Crippen LogP) is 3.80. The van der Waals surface area contributed by atoms with Crippen LogP contribution >= 0.6 is 0 Å². The van der Waals surface area contributed by atoms with Gasteiger partial charge >= 0.3 is 18.0 Å². The largest absolute Gasteiger partial charge is 0.435 e. The average molecular weight is 258 g/mol. The molecule has 0 nitrogen and oxygen atoms in total. The highest BCUT2D eigenvalue weighted by Gasteiger charge is 2.78. The molecule has 0 fully saturated rings. The smallest absolute Gasteiger partial charge is 0.235 e. The van der Waals surface area contributed by atoms with Gasteiger partial charge in [-0.25, -0.2) is 8.78 Å². The number of alkyl halides is 8. The predicted molar refractivity (Wildman–Crippen MR) is 34.6 cm³/mol. The Bertz CT molecular complexity index is 289. The summed E-state index contributed by atoms with van der Waals surface area (Å²) in [6, 6.07) is 0. The van der Waals surface area contributed by atoms with Crippen molar-refractivity contribution in [1.29, 1.82) is 0 Å². The van der Waals surface area contributed by atoms with E-state index >= 15 is 0 Å². The van der Waals surface area contributed by atoms with E-state index in [0.717, 1.165) is 5.73 Å². The van der Waals surface area contributed by atoms with Crippen molar-refractivity contribution in [2.75, 3.05) is 0 Å². The normalized spacial score (nSPS) is 15.6. The zero-order valence-electron chi connectivity index (χ0n) is 7.19. The Hall–Kier alpha value is -1.11. The van der Waals surface area contributed by atoms with Crippen molar-refractivity contribution in [3.63, 3.8) is 0 Å². The standard InChI is InChI=1S/C7H3F9/c1-2-3(8)4(9)5(10,6(11,12)13)7(14,15)16/h4H,1H2. The van der Waals surface area contributed by atoms with Crippen LogP contribution in [0.4, 0.5) is 39.5 Å². The summed E-state index contributed by atoms with van der Waals surface area (Å²) in [6.07, 6.45) is -17.9. The molecule has 0 aromatic carbocycles.